The summed E-state index contributed by atoms with van der Waals surface area (Å²) in [6, 6.07) is 99.0. The van der Waals surface area contributed by atoms with Gasteiger partial charge in [-0.15, -0.1) is 0 Å². The first-order valence-corrected chi connectivity index (χ1v) is 23.7. The zero-order valence-electron chi connectivity index (χ0n) is 37.8. The highest BCUT2D eigenvalue weighted by Gasteiger charge is 2.18. The summed E-state index contributed by atoms with van der Waals surface area (Å²) in [5.41, 5.74) is 19.9. The van der Waals surface area contributed by atoms with Crippen molar-refractivity contribution in [3.63, 3.8) is 0 Å². The lowest BCUT2D eigenvalue weighted by molar-refractivity contribution is 1.18. The van der Waals surface area contributed by atoms with Crippen LogP contribution in [0, 0.1) is 0 Å². The molecule has 3 nitrogen and oxygen atoms in total. The normalized spacial score (nSPS) is 11.5. The largest absolute Gasteiger partial charge is 0.311 e. The van der Waals surface area contributed by atoms with E-state index < -0.39 is 0 Å². The van der Waals surface area contributed by atoms with Crippen LogP contribution in [0.15, 0.2) is 273 Å². The van der Waals surface area contributed by atoms with E-state index in [0.717, 1.165) is 28.4 Å². The lowest BCUT2D eigenvalue weighted by atomic mass is 9.99. The highest BCUT2D eigenvalue weighted by atomic mass is 15.1. The van der Waals surface area contributed by atoms with Crippen LogP contribution in [-0.4, -0.2) is 9.13 Å². The van der Waals surface area contributed by atoms with Crippen LogP contribution in [0.1, 0.15) is 0 Å². The number of anilines is 3. The van der Waals surface area contributed by atoms with Gasteiger partial charge in [-0.25, -0.2) is 0 Å². The standard InChI is InChI=1S/C66H45N3/c1-4-14-46(15-5-1)47-24-26-48(27-25-47)49-28-36-56(37-29-49)67(57-38-30-50(31-39-57)52-34-42-65-61(44-52)59-20-10-12-22-63(59)68(65)54-16-6-2-7-17-54)58-40-32-51(33-41-58)53-35-43-66-62(45-53)60-21-11-13-23-64(60)69(66)55-18-8-3-9-19-55/h1-45H. The first-order valence-electron chi connectivity index (χ1n) is 23.7. The van der Waals surface area contributed by atoms with Crippen LogP contribution in [0.3, 0.4) is 0 Å². The molecule has 3 heteroatoms. The van der Waals surface area contributed by atoms with E-state index in [0.29, 0.717) is 0 Å². The van der Waals surface area contributed by atoms with E-state index >= 15 is 0 Å². The Morgan fingerprint density at radius 3 is 0.870 bits per heavy atom. The van der Waals surface area contributed by atoms with E-state index in [1.54, 1.807) is 0 Å². The van der Waals surface area contributed by atoms with Crippen molar-refractivity contribution < 1.29 is 0 Å². The van der Waals surface area contributed by atoms with Crippen LogP contribution < -0.4 is 4.90 Å². The Morgan fingerprint density at radius 1 is 0.203 bits per heavy atom. The van der Waals surface area contributed by atoms with E-state index in [9.17, 15) is 0 Å². The minimum Gasteiger partial charge on any atom is -0.311 e. The first-order chi connectivity index (χ1) is 34.2. The van der Waals surface area contributed by atoms with E-state index in [-0.39, 0.29) is 0 Å². The smallest absolute Gasteiger partial charge is 0.0541 e. The van der Waals surface area contributed by atoms with Gasteiger partial charge in [-0.3, -0.25) is 0 Å². The molecule has 2 heterocycles. The fourth-order valence-corrected chi connectivity index (χ4v) is 10.4. The molecule has 0 N–H and O–H groups in total. The number of hydrogen-bond donors (Lipinski definition) is 0. The molecule has 13 aromatic rings. The molecule has 2 aromatic heterocycles. The number of rotatable bonds is 9. The zero-order valence-corrected chi connectivity index (χ0v) is 37.8. The highest BCUT2D eigenvalue weighted by molar-refractivity contribution is 6.11. The number of benzene rings is 11. The van der Waals surface area contributed by atoms with Crippen LogP contribution in [0.2, 0.25) is 0 Å². The zero-order chi connectivity index (χ0) is 45.7. The van der Waals surface area contributed by atoms with Gasteiger partial charge in [0.05, 0.1) is 22.1 Å². The van der Waals surface area contributed by atoms with Crippen molar-refractivity contribution in [2.45, 2.75) is 0 Å². The molecule has 0 atom stereocenters. The minimum atomic E-state index is 1.09. The molecule has 0 spiro atoms. The topological polar surface area (TPSA) is 13.1 Å². The van der Waals surface area contributed by atoms with Crippen molar-refractivity contribution in [2.75, 3.05) is 4.90 Å². The maximum absolute atomic E-state index is 2.37. The van der Waals surface area contributed by atoms with Crippen molar-refractivity contribution in [1.82, 2.24) is 9.13 Å². The average molecular weight is 880 g/mol. The highest BCUT2D eigenvalue weighted by Crippen LogP contribution is 2.41. The summed E-state index contributed by atoms with van der Waals surface area (Å²) >= 11 is 0. The molecule has 0 saturated heterocycles. The van der Waals surface area contributed by atoms with Gasteiger partial charge in [0.1, 0.15) is 0 Å². The number of hydrogen-bond acceptors (Lipinski definition) is 1. The Kier molecular flexibility index (Phi) is 9.84. The average Bonchev–Trinajstić information content (AvgIpc) is 3.95. The predicted octanol–water partition coefficient (Wildman–Crippen LogP) is 18.0. The van der Waals surface area contributed by atoms with Crippen LogP contribution in [0.25, 0.3) is 99.5 Å². The Labute approximate surface area is 401 Å². The van der Waals surface area contributed by atoms with Crippen LogP contribution >= 0.6 is 0 Å². The Bertz CT molecular complexity index is 3740. The molecule has 0 aliphatic heterocycles. The molecular weight excluding hydrogens is 835 g/mol. The summed E-state index contributed by atoms with van der Waals surface area (Å²) in [7, 11) is 0. The lowest BCUT2D eigenvalue weighted by Gasteiger charge is -2.26. The molecule has 0 aliphatic rings. The first kappa shape index (κ1) is 40.1. The lowest BCUT2D eigenvalue weighted by Crippen LogP contribution is -2.09. The van der Waals surface area contributed by atoms with Crippen molar-refractivity contribution in [3.05, 3.63) is 273 Å². The Hall–Kier alpha value is -9.18. The van der Waals surface area contributed by atoms with Gasteiger partial charge in [0.2, 0.25) is 0 Å². The van der Waals surface area contributed by atoms with Gasteiger partial charge in [0.25, 0.3) is 0 Å². The number of aromatic nitrogens is 2. The quantitative estimate of drug-likeness (QED) is 0.141. The number of para-hydroxylation sites is 4. The maximum atomic E-state index is 2.37. The Balaban J connectivity index is 0.867. The second kappa shape index (κ2) is 16.9. The molecule has 0 unspecified atom stereocenters. The summed E-state index contributed by atoms with van der Waals surface area (Å²) in [6.07, 6.45) is 0. The van der Waals surface area contributed by atoms with Gasteiger partial charge in [0.15, 0.2) is 0 Å². The van der Waals surface area contributed by atoms with Gasteiger partial charge in [-0.2, -0.15) is 0 Å². The summed E-state index contributed by atoms with van der Waals surface area (Å²) in [5, 5.41) is 4.99. The molecule has 0 fully saturated rings. The Morgan fingerprint density at radius 2 is 0.478 bits per heavy atom. The van der Waals surface area contributed by atoms with Crippen LogP contribution in [0.5, 0.6) is 0 Å². The third-order valence-electron chi connectivity index (χ3n) is 13.7. The van der Waals surface area contributed by atoms with E-state index in [2.05, 4.69) is 287 Å². The van der Waals surface area contributed by atoms with Crippen molar-refractivity contribution in [3.8, 4) is 55.9 Å². The van der Waals surface area contributed by atoms with Crippen molar-refractivity contribution in [2.24, 2.45) is 0 Å². The molecule has 69 heavy (non-hydrogen) atoms. The summed E-state index contributed by atoms with van der Waals surface area (Å²) in [4.78, 5) is 2.36. The van der Waals surface area contributed by atoms with Crippen LogP contribution in [0.4, 0.5) is 17.1 Å². The van der Waals surface area contributed by atoms with Gasteiger partial charge < -0.3 is 14.0 Å². The van der Waals surface area contributed by atoms with Crippen LogP contribution in [-0.2, 0) is 0 Å². The number of nitrogens with zero attached hydrogens (tertiary/aromatic N) is 3. The van der Waals surface area contributed by atoms with E-state index in [4.69, 9.17) is 0 Å². The molecule has 13 rings (SSSR count). The van der Waals surface area contributed by atoms with Gasteiger partial charge in [-0.1, -0.05) is 176 Å². The summed E-state index contributed by atoms with van der Waals surface area (Å²) in [5.74, 6) is 0. The second-order valence-corrected chi connectivity index (χ2v) is 17.8. The monoisotopic (exact) mass is 879 g/mol. The van der Waals surface area contributed by atoms with Crippen molar-refractivity contribution >= 4 is 60.7 Å². The fourth-order valence-electron chi connectivity index (χ4n) is 10.4. The molecule has 0 bridgehead atoms. The van der Waals surface area contributed by atoms with Crippen molar-refractivity contribution in [1.29, 1.82) is 0 Å². The van der Waals surface area contributed by atoms with Gasteiger partial charge in [-0.05, 0) is 142 Å². The fraction of sp³-hybridized carbons (Fsp3) is 0. The number of fused-ring (bicyclic) bond motifs is 6. The second-order valence-electron chi connectivity index (χ2n) is 17.8. The molecule has 0 aliphatic carbocycles. The third-order valence-corrected chi connectivity index (χ3v) is 13.7. The molecule has 11 aromatic carbocycles. The SMILES string of the molecule is c1ccc(-c2ccc(-c3ccc(N(c4ccc(-c5ccc6c(c5)c5ccccc5n6-c5ccccc5)cc4)c4ccc(-c5ccc6c(c5)c5ccccc5n6-c5ccccc5)cc4)cc3)cc2)cc1. The summed E-state index contributed by atoms with van der Waals surface area (Å²) < 4.78 is 4.74. The molecular formula is C66H45N3. The molecule has 0 saturated carbocycles. The molecule has 0 amide bonds. The van der Waals surface area contributed by atoms with E-state index in [1.165, 1.54) is 88.1 Å². The third kappa shape index (κ3) is 7.16. The minimum absolute atomic E-state index is 1.09. The van der Waals surface area contributed by atoms with Gasteiger partial charge in [0, 0.05) is 50.0 Å². The summed E-state index contributed by atoms with van der Waals surface area (Å²) in [6.45, 7) is 0. The molecule has 324 valence electrons. The predicted molar refractivity (Wildman–Crippen MR) is 292 cm³/mol. The maximum Gasteiger partial charge on any atom is 0.0541 e. The molecule has 0 radical (unpaired) electrons. The van der Waals surface area contributed by atoms with Gasteiger partial charge >= 0.3 is 0 Å². The van der Waals surface area contributed by atoms with E-state index in [1.807, 2.05) is 0 Å².